The summed E-state index contributed by atoms with van der Waals surface area (Å²) in [6.07, 6.45) is 2.43. The van der Waals surface area contributed by atoms with Crippen LogP contribution in [0.25, 0.3) is 0 Å². The minimum atomic E-state index is -2.84. The third kappa shape index (κ3) is 3.18. The Kier molecular flexibility index (Phi) is 3.49. The quantitative estimate of drug-likeness (QED) is 0.728. The molecule has 0 aromatic rings. The van der Waals surface area contributed by atoms with Crippen LogP contribution in [-0.4, -0.2) is 45.1 Å². The standard InChI is InChI=1S/C10H17NO4S/c12-10-6-15-9(5-11-10)4-8-2-1-3-16(13,14)7-8/h8-9H,1-7H2,(H,11,12). The highest BCUT2D eigenvalue weighted by Crippen LogP contribution is 2.23. The Morgan fingerprint density at radius 3 is 2.88 bits per heavy atom. The number of hydrogen-bond donors (Lipinski definition) is 1. The smallest absolute Gasteiger partial charge is 0.246 e. The molecule has 5 nitrogen and oxygen atoms in total. The summed E-state index contributed by atoms with van der Waals surface area (Å²) in [5.41, 5.74) is 0. The summed E-state index contributed by atoms with van der Waals surface area (Å²) < 4.78 is 28.2. The van der Waals surface area contributed by atoms with Crippen molar-refractivity contribution >= 4 is 15.7 Å². The molecule has 1 N–H and O–H groups in total. The molecule has 0 radical (unpaired) electrons. The maximum absolute atomic E-state index is 11.4. The molecule has 0 aromatic carbocycles. The van der Waals surface area contributed by atoms with Crippen LogP contribution < -0.4 is 5.32 Å². The minimum absolute atomic E-state index is 0.0176. The average Bonchev–Trinajstić information content (AvgIpc) is 2.20. The second-order valence-electron chi connectivity index (χ2n) is 4.60. The number of rotatable bonds is 2. The lowest BCUT2D eigenvalue weighted by molar-refractivity contribution is -0.133. The van der Waals surface area contributed by atoms with Crippen LogP contribution in [0.1, 0.15) is 19.3 Å². The van der Waals surface area contributed by atoms with Crippen LogP contribution in [0.4, 0.5) is 0 Å². The SMILES string of the molecule is O=C1COC(CC2CCCS(=O)(=O)C2)CN1. The fraction of sp³-hybridized carbons (Fsp3) is 0.900. The summed E-state index contributed by atoms with van der Waals surface area (Å²) in [6.45, 7) is 0.611. The van der Waals surface area contributed by atoms with E-state index in [4.69, 9.17) is 4.74 Å². The van der Waals surface area contributed by atoms with Gasteiger partial charge in [0.1, 0.15) is 6.61 Å². The van der Waals surface area contributed by atoms with Gasteiger partial charge in [-0.05, 0) is 25.2 Å². The van der Waals surface area contributed by atoms with E-state index in [0.717, 1.165) is 19.3 Å². The lowest BCUT2D eigenvalue weighted by atomic mass is 9.97. The molecule has 2 atom stereocenters. The zero-order chi connectivity index (χ0) is 11.6. The Morgan fingerprint density at radius 1 is 1.44 bits per heavy atom. The van der Waals surface area contributed by atoms with Crippen molar-refractivity contribution in [2.45, 2.75) is 25.4 Å². The molecule has 0 saturated carbocycles. The summed E-state index contributed by atoms with van der Waals surface area (Å²) >= 11 is 0. The molecule has 2 aliphatic rings. The molecular weight excluding hydrogens is 230 g/mol. The predicted octanol–water partition coefficient (Wildman–Crippen LogP) is -0.284. The van der Waals surface area contributed by atoms with Gasteiger partial charge in [0.2, 0.25) is 5.91 Å². The van der Waals surface area contributed by atoms with Crippen molar-refractivity contribution in [3.8, 4) is 0 Å². The highest BCUT2D eigenvalue weighted by molar-refractivity contribution is 7.91. The molecule has 0 aliphatic carbocycles. The van der Waals surface area contributed by atoms with Crippen molar-refractivity contribution in [2.75, 3.05) is 24.7 Å². The van der Waals surface area contributed by atoms with Crippen LogP contribution in [0.5, 0.6) is 0 Å². The summed E-state index contributed by atoms with van der Waals surface area (Å²) in [7, 11) is -2.84. The summed E-state index contributed by atoms with van der Waals surface area (Å²) in [6, 6.07) is 0. The molecule has 2 heterocycles. The van der Waals surface area contributed by atoms with Gasteiger partial charge < -0.3 is 10.1 Å². The maximum Gasteiger partial charge on any atom is 0.246 e. The number of carbonyl (C=O) groups is 1. The van der Waals surface area contributed by atoms with Crippen LogP contribution >= 0.6 is 0 Å². The highest BCUT2D eigenvalue weighted by atomic mass is 32.2. The monoisotopic (exact) mass is 247 g/mol. The van der Waals surface area contributed by atoms with Gasteiger partial charge in [-0.1, -0.05) is 0 Å². The van der Waals surface area contributed by atoms with E-state index in [2.05, 4.69) is 5.32 Å². The Balaban J connectivity index is 1.83. The molecule has 2 aliphatic heterocycles. The molecule has 92 valence electrons. The van der Waals surface area contributed by atoms with E-state index in [-0.39, 0.29) is 30.3 Å². The van der Waals surface area contributed by atoms with Crippen molar-refractivity contribution in [1.82, 2.24) is 5.32 Å². The topological polar surface area (TPSA) is 72.5 Å². The molecule has 0 spiro atoms. The summed E-state index contributed by atoms with van der Waals surface area (Å²) in [5.74, 6) is 0.707. The number of hydrogen-bond acceptors (Lipinski definition) is 4. The second kappa shape index (κ2) is 4.71. The van der Waals surface area contributed by atoms with Crippen molar-refractivity contribution in [3.63, 3.8) is 0 Å². The fourth-order valence-electron chi connectivity index (χ4n) is 2.36. The molecule has 6 heteroatoms. The summed E-state index contributed by atoms with van der Waals surface area (Å²) in [4.78, 5) is 10.9. The first-order valence-corrected chi connectivity index (χ1v) is 7.46. The summed E-state index contributed by atoms with van der Waals surface area (Å²) in [5, 5.41) is 2.73. The first kappa shape index (κ1) is 11.9. The fourth-order valence-corrected chi connectivity index (χ4v) is 4.15. The van der Waals surface area contributed by atoms with Crippen LogP contribution in [0.3, 0.4) is 0 Å². The molecule has 2 rings (SSSR count). The van der Waals surface area contributed by atoms with Crippen LogP contribution in [-0.2, 0) is 19.4 Å². The maximum atomic E-state index is 11.4. The van der Waals surface area contributed by atoms with Gasteiger partial charge in [-0.2, -0.15) is 0 Å². The van der Waals surface area contributed by atoms with Gasteiger partial charge in [0.15, 0.2) is 9.84 Å². The van der Waals surface area contributed by atoms with Crippen molar-refractivity contribution in [2.24, 2.45) is 5.92 Å². The van der Waals surface area contributed by atoms with Gasteiger partial charge in [-0.15, -0.1) is 0 Å². The van der Waals surface area contributed by atoms with E-state index in [0.29, 0.717) is 12.3 Å². The number of ether oxygens (including phenoxy) is 1. The van der Waals surface area contributed by atoms with E-state index in [1.54, 1.807) is 0 Å². The van der Waals surface area contributed by atoms with Gasteiger partial charge in [0.25, 0.3) is 0 Å². The minimum Gasteiger partial charge on any atom is -0.367 e. The Hall–Kier alpha value is -0.620. The molecule has 1 amide bonds. The molecule has 16 heavy (non-hydrogen) atoms. The number of carbonyl (C=O) groups excluding carboxylic acids is 1. The molecule has 2 saturated heterocycles. The first-order chi connectivity index (χ1) is 7.55. The van der Waals surface area contributed by atoms with Crippen molar-refractivity contribution < 1.29 is 17.9 Å². The lowest BCUT2D eigenvalue weighted by Gasteiger charge is -2.29. The highest BCUT2D eigenvalue weighted by Gasteiger charge is 2.28. The second-order valence-corrected chi connectivity index (χ2v) is 6.82. The van der Waals surface area contributed by atoms with Gasteiger partial charge >= 0.3 is 0 Å². The molecule has 2 fully saturated rings. The molecular formula is C10H17NO4S. The van der Waals surface area contributed by atoms with E-state index >= 15 is 0 Å². The van der Waals surface area contributed by atoms with E-state index in [1.807, 2.05) is 0 Å². The van der Waals surface area contributed by atoms with E-state index < -0.39 is 9.84 Å². The zero-order valence-corrected chi connectivity index (χ0v) is 9.96. The van der Waals surface area contributed by atoms with Gasteiger partial charge in [-0.3, -0.25) is 4.79 Å². The average molecular weight is 247 g/mol. The van der Waals surface area contributed by atoms with E-state index in [9.17, 15) is 13.2 Å². The first-order valence-electron chi connectivity index (χ1n) is 5.64. The number of morpholine rings is 1. The zero-order valence-electron chi connectivity index (χ0n) is 9.15. The third-order valence-corrected chi connectivity index (χ3v) is 5.02. The largest absolute Gasteiger partial charge is 0.367 e. The van der Waals surface area contributed by atoms with Crippen LogP contribution in [0.15, 0.2) is 0 Å². The number of amides is 1. The predicted molar refractivity (Wildman–Crippen MR) is 58.7 cm³/mol. The Labute approximate surface area is 95.5 Å². The van der Waals surface area contributed by atoms with E-state index in [1.165, 1.54) is 0 Å². The lowest BCUT2D eigenvalue weighted by Crippen LogP contribution is -2.44. The number of nitrogens with one attached hydrogen (secondary N) is 1. The van der Waals surface area contributed by atoms with Gasteiger partial charge in [0.05, 0.1) is 17.6 Å². The van der Waals surface area contributed by atoms with Crippen molar-refractivity contribution in [3.05, 3.63) is 0 Å². The van der Waals surface area contributed by atoms with Crippen molar-refractivity contribution in [1.29, 1.82) is 0 Å². The normalized spacial score (nSPS) is 34.4. The van der Waals surface area contributed by atoms with Crippen LogP contribution in [0.2, 0.25) is 0 Å². The van der Waals surface area contributed by atoms with Gasteiger partial charge in [-0.25, -0.2) is 8.42 Å². The molecule has 0 bridgehead atoms. The van der Waals surface area contributed by atoms with Gasteiger partial charge in [0, 0.05) is 6.54 Å². The third-order valence-electron chi connectivity index (χ3n) is 3.13. The molecule has 0 aromatic heterocycles. The Morgan fingerprint density at radius 2 is 2.25 bits per heavy atom. The molecule has 2 unspecified atom stereocenters. The number of sulfone groups is 1. The van der Waals surface area contributed by atoms with Crippen LogP contribution in [0, 0.1) is 5.92 Å². The Bertz CT molecular complexity index is 355.